The third-order valence-electron chi connectivity index (χ3n) is 2.97. The molecule has 0 aliphatic carbocycles. The minimum atomic E-state index is 0.0933. The Hall–Kier alpha value is -1.58. The van der Waals surface area contributed by atoms with E-state index in [-0.39, 0.29) is 5.54 Å². The second kappa shape index (κ2) is 6.46. The third-order valence-corrected chi connectivity index (χ3v) is 3.40. The Morgan fingerprint density at radius 1 is 1.19 bits per heavy atom. The highest BCUT2D eigenvalue weighted by Gasteiger charge is 2.08. The van der Waals surface area contributed by atoms with Gasteiger partial charge in [0.2, 0.25) is 5.88 Å². The highest BCUT2D eigenvalue weighted by molar-refractivity contribution is 6.31. The van der Waals surface area contributed by atoms with Crippen LogP contribution in [0.15, 0.2) is 36.5 Å². The molecule has 0 saturated carbocycles. The fraction of sp³-hybridized carbons (Fsp3) is 0.353. The number of hydrogen-bond acceptors (Lipinski definition) is 3. The first-order valence-corrected chi connectivity index (χ1v) is 7.35. The average molecular weight is 305 g/mol. The SMILES string of the molecule is Cc1cc(Oc2ccc(CNC(C)(C)C)cn2)ccc1Cl. The quantitative estimate of drug-likeness (QED) is 0.887. The van der Waals surface area contributed by atoms with E-state index >= 15 is 0 Å². The molecule has 3 nitrogen and oxygen atoms in total. The third kappa shape index (κ3) is 5.03. The van der Waals surface area contributed by atoms with Gasteiger partial charge in [0.15, 0.2) is 0 Å². The molecule has 21 heavy (non-hydrogen) atoms. The minimum Gasteiger partial charge on any atom is -0.439 e. The summed E-state index contributed by atoms with van der Waals surface area (Å²) >= 11 is 6.00. The summed E-state index contributed by atoms with van der Waals surface area (Å²) < 4.78 is 5.72. The number of nitrogens with one attached hydrogen (secondary N) is 1. The second-order valence-electron chi connectivity index (χ2n) is 6.12. The van der Waals surface area contributed by atoms with Gasteiger partial charge in [-0.1, -0.05) is 17.7 Å². The normalized spacial score (nSPS) is 11.5. The maximum absolute atomic E-state index is 6.00. The summed E-state index contributed by atoms with van der Waals surface area (Å²) in [6.07, 6.45) is 1.83. The average Bonchev–Trinajstić information content (AvgIpc) is 2.41. The summed E-state index contributed by atoms with van der Waals surface area (Å²) in [5.41, 5.74) is 2.21. The van der Waals surface area contributed by atoms with Gasteiger partial charge in [0.05, 0.1) is 0 Å². The van der Waals surface area contributed by atoms with Gasteiger partial charge in [-0.3, -0.25) is 0 Å². The Morgan fingerprint density at radius 3 is 2.52 bits per heavy atom. The molecule has 4 heteroatoms. The molecule has 0 aliphatic heterocycles. The fourth-order valence-corrected chi connectivity index (χ4v) is 1.86. The molecule has 0 bridgehead atoms. The molecule has 0 unspecified atom stereocenters. The van der Waals surface area contributed by atoms with E-state index in [0.717, 1.165) is 28.4 Å². The molecule has 0 saturated heterocycles. The molecular formula is C17H21ClN2O. The Labute approximate surface area is 131 Å². The van der Waals surface area contributed by atoms with Crippen LogP contribution in [-0.4, -0.2) is 10.5 Å². The highest BCUT2D eigenvalue weighted by Crippen LogP contribution is 2.24. The minimum absolute atomic E-state index is 0.0933. The van der Waals surface area contributed by atoms with Crippen LogP contribution in [0.5, 0.6) is 11.6 Å². The zero-order chi connectivity index (χ0) is 15.5. The molecule has 1 aromatic carbocycles. The van der Waals surface area contributed by atoms with E-state index in [1.54, 1.807) is 0 Å². The van der Waals surface area contributed by atoms with Crippen molar-refractivity contribution in [2.24, 2.45) is 0 Å². The monoisotopic (exact) mass is 304 g/mol. The van der Waals surface area contributed by atoms with Crippen LogP contribution in [-0.2, 0) is 6.54 Å². The van der Waals surface area contributed by atoms with Crippen molar-refractivity contribution in [1.82, 2.24) is 10.3 Å². The van der Waals surface area contributed by atoms with Crippen molar-refractivity contribution < 1.29 is 4.74 Å². The lowest BCUT2D eigenvalue weighted by Gasteiger charge is -2.20. The van der Waals surface area contributed by atoms with Crippen molar-refractivity contribution >= 4 is 11.6 Å². The van der Waals surface area contributed by atoms with Crippen molar-refractivity contribution in [3.8, 4) is 11.6 Å². The Balaban J connectivity index is 2.00. The molecule has 1 N–H and O–H groups in total. The highest BCUT2D eigenvalue weighted by atomic mass is 35.5. The Morgan fingerprint density at radius 2 is 1.95 bits per heavy atom. The molecular weight excluding hydrogens is 284 g/mol. The second-order valence-corrected chi connectivity index (χ2v) is 6.53. The van der Waals surface area contributed by atoms with E-state index in [1.807, 2.05) is 43.5 Å². The summed E-state index contributed by atoms with van der Waals surface area (Å²) in [4.78, 5) is 4.33. The van der Waals surface area contributed by atoms with E-state index in [1.165, 1.54) is 0 Å². The summed E-state index contributed by atoms with van der Waals surface area (Å²) in [5.74, 6) is 1.32. The number of nitrogens with zero attached hydrogens (tertiary/aromatic N) is 1. The summed E-state index contributed by atoms with van der Waals surface area (Å²) in [6, 6.07) is 9.46. The number of aromatic nitrogens is 1. The van der Waals surface area contributed by atoms with Crippen molar-refractivity contribution in [1.29, 1.82) is 0 Å². The number of halogens is 1. The van der Waals surface area contributed by atoms with Gasteiger partial charge in [-0.05, 0) is 57.0 Å². The first-order valence-electron chi connectivity index (χ1n) is 6.97. The molecule has 0 fully saturated rings. The standard InChI is InChI=1S/C17H21ClN2O/c1-12-9-14(6-7-15(12)18)21-16-8-5-13(10-19-16)11-20-17(2,3)4/h5-10,20H,11H2,1-4H3. The molecule has 0 amide bonds. The number of ether oxygens (including phenoxy) is 1. The van der Waals surface area contributed by atoms with Gasteiger partial charge in [0, 0.05) is 29.4 Å². The molecule has 1 aromatic heterocycles. The van der Waals surface area contributed by atoms with Crippen LogP contribution in [0.1, 0.15) is 31.9 Å². The van der Waals surface area contributed by atoms with E-state index in [0.29, 0.717) is 5.88 Å². The molecule has 0 aliphatic rings. The largest absolute Gasteiger partial charge is 0.439 e. The Bertz CT molecular complexity index is 603. The predicted octanol–water partition coefficient (Wildman–Crippen LogP) is 4.72. The summed E-state index contributed by atoms with van der Waals surface area (Å²) in [6.45, 7) is 9.16. The van der Waals surface area contributed by atoms with Crippen LogP contribution >= 0.6 is 11.6 Å². The van der Waals surface area contributed by atoms with Crippen molar-refractivity contribution in [3.05, 3.63) is 52.7 Å². The summed E-state index contributed by atoms with van der Waals surface area (Å²) in [5, 5.41) is 4.16. The van der Waals surface area contributed by atoms with E-state index in [9.17, 15) is 0 Å². The number of pyridine rings is 1. The lowest BCUT2D eigenvalue weighted by molar-refractivity contribution is 0.423. The van der Waals surface area contributed by atoms with Crippen LogP contribution in [0.3, 0.4) is 0 Å². The lowest BCUT2D eigenvalue weighted by atomic mass is 10.1. The van der Waals surface area contributed by atoms with Gasteiger partial charge in [0.25, 0.3) is 0 Å². The van der Waals surface area contributed by atoms with Gasteiger partial charge in [-0.2, -0.15) is 0 Å². The van der Waals surface area contributed by atoms with Crippen LogP contribution in [0, 0.1) is 6.92 Å². The van der Waals surface area contributed by atoms with E-state index in [2.05, 4.69) is 31.1 Å². The number of benzene rings is 1. The van der Waals surface area contributed by atoms with Crippen LogP contribution < -0.4 is 10.1 Å². The maximum Gasteiger partial charge on any atom is 0.219 e. The Kier molecular flexibility index (Phi) is 4.86. The maximum atomic E-state index is 6.00. The number of aryl methyl sites for hydroxylation is 1. The zero-order valence-corrected chi connectivity index (χ0v) is 13.7. The van der Waals surface area contributed by atoms with Crippen molar-refractivity contribution in [2.45, 2.75) is 39.8 Å². The molecule has 1 heterocycles. The van der Waals surface area contributed by atoms with E-state index in [4.69, 9.17) is 16.3 Å². The smallest absolute Gasteiger partial charge is 0.219 e. The van der Waals surface area contributed by atoms with Gasteiger partial charge in [-0.25, -0.2) is 4.98 Å². The lowest BCUT2D eigenvalue weighted by Crippen LogP contribution is -2.35. The van der Waals surface area contributed by atoms with Crippen LogP contribution in [0.4, 0.5) is 0 Å². The zero-order valence-electron chi connectivity index (χ0n) is 12.9. The van der Waals surface area contributed by atoms with Crippen molar-refractivity contribution in [2.75, 3.05) is 0 Å². The predicted molar refractivity (Wildman–Crippen MR) is 87.1 cm³/mol. The number of hydrogen-bond donors (Lipinski definition) is 1. The fourth-order valence-electron chi connectivity index (χ4n) is 1.74. The topological polar surface area (TPSA) is 34.1 Å². The molecule has 0 radical (unpaired) electrons. The first-order chi connectivity index (χ1) is 9.83. The number of rotatable bonds is 4. The van der Waals surface area contributed by atoms with E-state index < -0.39 is 0 Å². The molecule has 0 spiro atoms. The summed E-state index contributed by atoms with van der Waals surface area (Å²) in [7, 11) is 0. The van der Waals surface area contributed by atoms with Crippen LogP contribution in [0.2, 0.25) is 5.02 Å². The first kappa shape index (κ1) is 15.8. The molecule has 112 valence electrons. The molecule has 2 aromatic rings. The van der Waals surface area contributed by atoms with Gasteiger partial charge in [-0.15, -0.1) is 0 Å². The molecule has 0 atom stereocenters. The van der Waals surface area contributed by atoms with Gasteiger partial charge >= 0.3 is 0 Å². The van der Waals surface area contributed by atoms with Crippen LogP contribution in [0.25, 0.3) is 0 Å². The molecule has 2 rings (SSSR count). The van der Waals surface area contributed by atoms with Gasteiger partial charge in [0.1, 0.15) is 5.75 Å². The van der Waals surface area contributed by atoms with Crippen molar-refractivity contribution in [3.63, 3.8) is 0 Å². The van der Waals surface area contributed by atoms with Gasteiger partial charge < -0.3 is 10.1 Å².